The number of thiazole rings is 1. The van der Waals surface area contributed by atoms with E-state index in [4.69, 9.17) is 4.99 Å². The SMILES string of the molecule is CCNC(=NCc1ccc(NC(=O)NC(C)C)cc1)N(C)Cc1csc(C)n1. The average Bonchev–Trinajstić information content (AvgIpc) is 3.03. The lowest BCUT2D eigenvalue weighted by atomic mass is 10.2. The fourth-order valence-electron chi connectivity index (χ4n) is 2.56. The van der Waals surface area contributed by atoms with E-state index < -0.39 is 0 Å². The number of carbonyl (C=O) groups excluding carboxylic acids is 1. The van der Waals surface area contributed by atoms with Crippen LogP contribution in [0.4, 0.5) is 10.5 Å². The highest BCUT2D eigenvalue weighted by Gasteiger charge is 2.09. The number of anilines is 1. The van der Waals surface area contributed by atoms with Crippen LogP contribution in [-0.4, -0.2) is 41.5 Å². The molecule has 2 rings (SSSR count). The van der Waals surface area contributed by atoms with E-state index in [1.165, 1.54) is 0 Å². The van der Waals surface area contributed by atoms with Gasteiger partial charge in [-0.3, -0.25) is 0 Å². The lowest BCUT2D eigenvalue weighted by molar-refractivity contribution is 0.250. The van der Waals surface area contributed by atoms with E-state index in [1.54, 1.807) is 11.3 Å². The number of nitrogens with zero attached hydrogens (tertiary/aromatic N) is 3. The van der Waals surface area contributed by atoms with E-state index in [0.29, 0.717) is 13.1 Å². The van der Waals surface area contributed by atoms with Gasteiger partial charge in [-0.25, -0.2) is 14.8 Å². The van der Waals surface area contributed by atoms with Crippen LogP contribution in [0.15, 0.2) is 34.6 Å². The standard InChI is InChI=1S/C20H30N6OS/c1-6-21-19(26(5)12-18-13-28-15(4)24-18)22-11-16-7-9-17(10-8-16)25-20(27)23-14(2)3/h7-10,13-14H,6,11-12H2,1-5H3,(H,21,22)(H2,23,25,27). The lowest BCUT2D eigenvalue weighted by Gasteiger charge is -2.21. The quantitative estimate of drug-likeness (QED) is 0.488. The van der Waals surface area contributed by atoms with E-state index in [2.05, 4.69) is 38.1 Å². The zero-order chi connectivity index (χ0) is 20.5. The second-order valence-electron chi connectivity index (χ2n) is 6.83. The Morgan fingerprint density at radius 1 is 1.29 bits per heavy atom. The zero-order valence-electron chi connectivity index (χ0n) is 17.2. The van der Waals surface area contributed by atoms with Crippen molar-refractivity contribution in [2.75, 3.05) is 18.9 Å². The predicted octanol–water partition coefficient (Wildman–Crippen LogP) is 3.58. The van der Waals surface area contributed by atoms with Gasteiger partial charge in [0.1, 0.15) is 0 Å². The van der Waals surface area contributed by atoms with Crippen molar-refractivity contribution in [2.24, 2.45) is 4.99 Å². The molecule has 0 atom stereocenters. The maximum Gasteiger partial charge on any atom is 0.319 e. The molecule has 0 aliphatic rings. The van der Waals surface area contributed by atoms with Crippen molar-refractivity contribution in [1.29, 1.82) is 0 Å². The third kappa shape index (κ3) is 7.19. The van der Waals surface area contributed by atoms with Crippen LogP contribution in [0, 0.1) is 6.92 Å². The van der Waals surface area contributed by atoms with Crippen molar-refractivity contribution in [2.45, 2.75) is 46.8 Å². The summed E-state index contributed by atoms with van der Waals surface area (Å²) < 4.78 is 0. The summed E-state index contributed by atoms with van der Waals surface area (Å²) >= 11 is 1.66. The minimum atomic E-state index is -0.200. The lowest BCUT2D eigenvalue weighted by Crippen LogP contribution is -2.38. The molecular weight excluding hydrogens is 372 g/mol. The van der Waals surface area contributed by atoms with Crippen LogP contribution in [0.3, 0.4) is 0 Å². The van der Waals surface area contributed by atoms with Crippen LogP contribution in [0.2, 0.25) is 0 Å². The number of nitrogens with one attached hydrogen (secondary N) is 3. The van der Waals surface area contributed by atoms with E-state index in [-0.39, 0.29) is 12.1 Å². The number of hydrogen-bond donors (Lipinski definition) is 3. The number of guanidine groups is 1. The van der Waals surface area contributed by atoms with Gasteiger partial charge in [0.05, 0.1) is 23.8 Å². The van der Waals surface area contributed by atoms with Crippen LogP contribution in [0.1, 0.15) is 37.0 Å². The van der Waals surface area contributed by atoms with Gasteiger partial charge in [-0.05, 0) is 45.4 Å². The molecule has 1 heterocycles. The highest BCUT2D eigenvalue weighted by molar-refractivity contribution is 7.09. The second-order valence-corrected chi connectivity index (χ2v) is 7.90. The van der Waals surface area contributed by atoms with Crippen molar-refractivity contribution in [3.8, 4) is 0 Å². The number of rotatable bonds is 7. The second kappa shape index (κ2) is 10.7. The highest BCUT2D eigenvalue weighted by Crippen LogP contribution is 2.12. The van der Waals surface area contributed by atoms with Gasteiger partial charge in [0, 0.05) is 30.7 Å². The van der Waals surface area contributed by atoms with E-state index in [0.717, 1.165) is 34.5 Å². The number of benzene rings is 1. The maximum absolute atomic E-state index is 11.8. The third-order valence-corrected chi connectivity index (χ3v) is 4.63. The Bertz CT molecular complexity index is 784. The molecule has 3 N–H and O–H groups in total. The van der Waals surface area contributed by atoms with Gasteiger partial charge in [-0.15, -0.1) is 11.3 Å². The van der Waals surface area contributed by atoms with Crippen LogP contribution in [-0.2, 0) is 13.1 Å². The molecule has 0 radical (unpaired) electrons. The molecule has 28 heavy (non-hydrogen) atoms. The van der Waals surface area contributed by atoms with E-state index in [9.17, 15) is 4.79 Å². The third-order valence-electron chi connectivity index (χ3n) is 3.81. The van der Waals surface area contributed by atoms with Crippen molar-refractivity contribution in [1.82, 2.24) is 20.5 Å². The van der Waals surface area contributed by atoms with Crippen molar-refractivity contribution in [3.05, 3.63) is 45.9 Å². The van der Waals surface area contributed by atoms with Gasteiger partial charge in [0.15, 0.2) is 5.96 Å². The first-order valence-electron chi connectivity index (χ1n) is 9.44. The fourth-order valence-corrected chi connectivity index (χ4v) is 3.16. The van der Waals surface area contributed by atoms with Gasteiger partial charge in [0.25, 0.3) is 0 Å². The maximum atomic E-state index is 11.8. The van der Waals surface area contributed by atoms with Crippen LogP contribution in [0.25, 0.3) is 0 Å². The number of carbonyl (C=O) groups is 1. The van der Waals surface area contributed by atoms with Crippen molar-refractivity contribution in [3.63, 3.8) is 0 Å². The van der Waals surface area contributed by atoms with Crippen molar-refractivity contribution < 1.29 is 4.79 Å². The topological polar surface area (TPSA) is 81.6 Å². The molecule has 2 amide bonds. The number of aliphatic imine (C=N–C) groups is 1. The fraction of sp³-hybridized carbons (Fsp3) is 0.450. The smallest absolute Gasteiger partial charge is 0.319 e. The molecule has 0 spiro atoms. The summed E-state index contributed by atoms with van der Waals surface area (Å²) in [5, 5.41) is 12.1. The summed E-state index contributed by atoms with van der Waals surface area (Å²) in [5.74, 6) is 0.840. The summed E-state index contributed by atoms with van der Waals surface area (Å²) in [7, 11) is 2.01. The molecule has 1 aromatic heterocycles. The molecule has 0 saturated heterocycles. The normalized spacial score (nSPS) is 11.4. The number of hydrogen-bond acceptors (Lipinski definition) is 4. The molecule has 0 saturated carbocycles. The Hall–Kier alpha value is -2.61. The van der Waals surface area contributed by atoms with Gasteiger partial charge in [-0.2, -0.15) is 0 Å². The Morgan fingerprint density at radius 2 is 2.00 bits per heavy atom. The Kier molecular flexibility index (Phi) is 8.25. The first-order valence-corrected chi connectivity index (χ1v) is 10.3. The van der Waals surface area contributed by atoms with Crippen LogP contribution >= 0.6 is 11.3 Å². The summed E-state index contributed by atoms with van der Waals surface area (Å²) in [5.41, 5.74) is 2.88. The molecule has 8 heteroatoms. The molecule has 152 valence electrons. The number of amides is 2. The van der Waals surface area contributed by atoms with E-state index >= 15 is 0 Å². The van der Waals surface area contributed by atoms with Gasteiger partial charge < -0.3 is 20.9 Å². The molecule has 0 aliphatic carbocycles. The molecule has 1 aromatic carbocycles. The minimum absolute atomic E-state index is 0.100. The minimum Gasteiger partial charge on any atom is -0.357 e. The van der Waals surface area contributed by atoms with Gasteiger partial charge in [0.2, 0.25) is 0 Å². The summed E-state index contributed by atoms with van der Waals surface area (Å²) in [6, 6.07) is 7.63. The first-order chi connectivity index (χ1) is 13.4. The van der Waals surface area contributed by atoms with Crippen LogP contribution in [0.5, 0.6) is 0 Å². The zero-order valence-corrected chi connectivity index (χ0v) is 18.1. The van der Waals surface area contributed by atoms with E-state index in [1.807, 2.05) is 52.1 Å². The Labute approximate surface area is 171 Å². The summed E-state index contributed by atoms with van der Waals surface area (Å²) in [6.45, 7) is 9.99. The predicted molar refractivity (Wildman–Crippen MR) is 117 cm³/mol. The number of urea groups is 1. The molecule has 0 fully saturated rings. The molecule has 2 aromatic rings. The molecule has 0 bridgehead atoms. The molecule has 7 nitrogen and oxygen atoms in total. The highest BCUT2D eigenvalue weighted by atomic mass is 32.1. The average molecular weight is 403 g/mol. The van der Waals surface area contributed by atoms with Gasteiger partial charge in [-0.1, -0.05) is 12.1 Å². The van der Waals surface area contributed by atoms with Crippen molar-refractivity contribution >= 4 is 29.0 Å². The number of aromatic nitrogens is 1. The Balaban J connectivity index is 1.96. The van der Waals surface area contributed by atoms with Gasteiger partial charge >= 0.3 is 6.03 Å². The Morgan fingerprint density at radius 3 is 2.57 bits per heavy atom. The molecule has 0 unspecified atom stereocenters. The first kappa shape index (κ1) is 21.7. The largest absolute Gasteiger partial charge is 0.357 e. The van der Waals surface area contributed by atoms with Crippen LogP contribution < -0.4 is 16.0 Å². The number of aryl methyl sites for hydroxylation is 1. The monoisotopic (exact) mass is 402 g/mol. The molecular formula is C20H30N6OS. The summed E-state index contributed by atoms with van der Waals surface area (Å²) in [4.78, 5) is 23.1. The molecule has 0 aliphatic heterocycles. The summed E-state index contributed by atoms with van der Waals surface area (Å²) in [6.07, 6.45) is 0.